The number of fused-ring (bicyclic) bond motifs is 3. The fourth-order valence-corrected chi connectivity index (χ4v) is 5.98. The topological polar surface area (TPSA) is 46.8 Å². The van der Waals surface area contributed by atoms with Gasteiger partial charge >= 0.3 is 0 Å². The van der Waals surface area contributed by atoms with Crippen molar-refractivity contribution >= 4 is 38.9 Å². The van der Waals surface area contributed by atoms with Crippen molar-refractivity contribution in [3.8, 4) is 27.9 Å². The van der Waals surface area contributed by atoms with Crippen LogP contribution in [0.25, 0.3) is 49.7 Å². The Morgan fingerprint density at radius 3 is 1.64 bits per heavy atom. The van der Waals surface area contributed by atoms with E-state index >= 15 is 0 Å². The van der Waals surface area contributed by atoms with Crippen LogP contribution in [-0.4, -0.2) is 19.5 Å². The number of para-hydroxylation sites is 2. The minimum Gasteiger partial charge on any atom is -0.310 e. The van der Waals surface area contributed by atoms with Crippen molar-refractivity contribution in [3.63, 3.8) is 0 Å². The summed E-state index contributed by atoms with van der Waals surface area (Å²) in [5, 5.41) is 2.28. The number of benzene rings is 5. The first kappa shape index (κ1) is 25.6. The zero-order valence-corrected chi connectivity index (χ0v) is 23.8. The molecule has 5 aromatic carbocycles. The van der Waals surface area contributed by atoms with Crippen molar-refractivity contribution in [2.45, 2.75) is 0 Å². The van der Waals surface area contributed by atoms with E-state index in [-0.39, 0.29) is 0 Å². The standard InChI is InChI=1S/C39H27N5/c1-3-7-32(8-4-1)43(33-9-5-2-6-10-33)35-19-20-38-36(23-35)37-26-40-22-21-39(37)44(38)34-17-15-29(16-18-34)28-11-13-30(14-12-28)31-24-41-27-42-25-31/h1-27H. The van der Waals surface area contributed by atoms with Gasteiger partial charge in [-0.15, -0.1) is 0 Å². The van der Waals surface area contributed by atoms with Gasteiger partial charge in [-0.1, -0.05) is 72.8 Å². The van der Waals surface area contributed by atoms with Gasteiger partial charge < -0.3 is 9.47 Å². The van der Waals surface area contributed by atoms with Gasteiger partial charge in [0.2, 0.25) is 0 Å². The van der Waals surface area contributed by atoms with E-state index in [1.807, 2.05) is 24.8 Å². The first-order chi connectivity index (χ1) is 21.8. The highest BCUT2D eigenvalue weighted by molar-refractivity contribution is 6.10. The molecular weight excluding hydrogens is 538 g/mol. The Hall–Kier alpha value is -6.07. The van der Waals surface area contributed by atoms with Gasteiger partial charge in [0.15, 0.2) is 0 Å². The van der Waals surface area contributed by atoms with Gasteiger partial charge in [0.25, 0.3) is 0 Å². The second-order valence-electron chi connectivity index (χ2n) is 10.7. The molecule has 0 amide bonds. The third-order valence-corrected chi connectivity index (χ3v) is 8.07. The number of nitrogens with zero attached hydrogens (tertiary/aromatic N) is 5. The van der Waals surface area contributed by atoms with Crippen LogP contribution in [0.2, 0.25) is 0 Å². The number of hydrogen-bond acceptors (Lipinski definition) is 4. The first-order valence-electron chi connectivity index (χ1n) is 14.6. The summed E-state index contributed by atoms with van der Waals surface area (Å²) in [7, 11) is 0. The molecule has 0 saturated heterocycles. The predicted octanol–water partition coefficient (Wildman–Crippen LogP) is 9.77. The SMILES string of the molecule is c1ccc(N(c2ccccc2)c2ccc3c(c2)c2cnccc2n3-c2ccc(-c3ccc(-c4cncnc4)cc3)cc2)cc1. The molecule has 0 aliphatic carbocycles. The molecule has 5 heteroatoms. The average molecular weight is 566 g/mol. The van der Waals surface area contributed by atoms with Crippen LogP contribution in [0.3, 0.4) is 0 Å². The van der Waals surface area contributed by atoms with Gasteiger partial charge in [0, 0.05) is 63.9 Å². The maximum atomic E-state index is 4.51. The third kappa shape index (κ3) is 4.57. The monoisotopic (exact) mass is 565 g/mol. The molecule has 0 atom stereocenters. The molecule has 5 nitrogen and oxygen atoms in total. The lowest BCUT2D eigenvalue weighted by molar-refractivity contribution is 1.17. The predicted molar refractivity (Wildman–Crippen MR) is 180 cm³/mol. The third-order valence-electron chi connectivity index (χ3n) is 8.07. The van der Waals surface area contributed by atoms with E-state index < -0.39 is 0 Å². The Bertz CT molecular complexity index is 2150. The fourth-order valence-electron chi connectivity index (χ4n) is 5.98. The highest BCUT2D eigenvalue weighted by Crippen LogP contribution is 2.39. The zero-order valence-electron chi connectivity index (χ0n) is 23.8. The van der Waals surface area contributed by atoms with Crippen molar-refractivity contribution < 1.29 is 0 Å². The smallest absolute Gasteiger partial charge is 0.115 e. The van der Waals surface area contributed by atoms with Gasteiger partial charge in [0.05, 0.1) is 11.0 Å². The van der Waals surface area contributed by atoms with Gasteiger partial charge in [-0.25, -0.2) is 9.97 Å². The van der Waals surface area contributed by atoms with Crippen LogP contribution in [0, 0.1) is 0 Å². The highest BCUT2D eigenvalue weighted by atomic mass is 15.1. The van der Waals surface area contributed by atoms with Crippen LogP contribution < -0.4 is 4.90 Å². The van der Waals surface area contributed by atoms with Gasteiger partial charge in [-0.05, 0) is 77.4 Å². The zero-order chi connectivity index (χ0) is 29.3. The number of rotatable bonds is 6. The molecule has 0 saturated carbocycles. The molecule has 44 heavy (non-hydrogen) atoms. The molecule has 0 fully saturated rings. The Kier molecular flexibility index (Phi) is 6.39. The molecule has 8 rings (SSSR count). The second-order valence-corrected chi connectivity index (χ2v) is 10.7. The van der Waals surface area contributed by atoms with E-state index in [1.165, 1.54) is 0 Å². The quantitative estimate of drug-likeness (QED) is 0.201. The van der Waals surface area contributed by atoms with Gasteiger partial charge in [0.1, 0.15) is 6.33 Å². The normalized spacial score (nSPS) is 11.2. The largest absolute Gasteiger partial charge is 0.310 e. The van der Waals surface area contributed by atoms with Crippen LogP contribution in [0.4, 0.5) is 17.1 Å². The summed E-state index contributed by atoms with van der Waals surface area (Å²) in [4.78, 5) is 15.1. The van der Waals surface area contributed by atoms with Crippen LogP contribution in [0.15, 0.2) is 165 Å². The van der Waals surface area contributed by atoms with Crippen molar-refractivity contribution in [1.29, 1.82) is 0 Å². The van der Waals surface area contributed by atoms with Crippen LogP contribution in [-0.2, 0) is 0 Å². The van der Waals surface area contributed by atoms with E-state index in [0.29, 0.717) is 0 Å². The molecule has 208 valence electrons. The van der Waals surface area contributed by atoms with Crippen molar-refractivity contribution in [1.82, 2.24) is 19.5 Å². The number of aromatic nitrogens is 4. The molecule has 0 unspecified atom stereocenters. The number of hydrogen-bond donors (Lipinski definition) is 0. The Morgan fingerprint density at radius 1 is 0.432 bits per heavy atom. The lowest BCUT2D eigenvalue weighted by Gasteiger charge is -2.25. The van der Waals surface area contributed by atoms with Crippen LogP contribution in [0.5, 0.6) is 0 Å². The summed E-state index contributed by atoms with van der Waals surface area (Å²) in [6, 6.07) is 47.1. The molecule has 0 aliphatic heterocycles. The van der Waals surface area contributed by atoms with Gasteiger partial charge in [-0.3, -0.25) is 4.98 Å². The minimum absolute atomic E-state index is 1.01. The molecule has 0 radical (unpaired) electrons. The van der Waals surface area contributed by atoms with E-state index in [4.69, 9.17) is 0 Å². The van der Waals surface area contributed by atoms with E-state index in [0.717, 1.165) is 66.8 Å². The van der Waals surface area contributed by atoms with Crippen LogP contribution in [0.1, 0.15) is 0 Å². The van der Waals surface area contributed by atoms with E-state index in [1.54, 1.807) is 6.33 Å². The van der Waals surface area contributed by atoms with E-state index in [9.17, 15) is 0 Å². The fraction of sp³-hybridized carbons (Fsp3) is 0. The number of anilines is 3. The van der Waals surface area contributed by atoms with E-state index in [2.05, 4.69) is 158 Å². The lowest BCUT2D eigenvalue weighted by Crippen LogP contribution is -2.09. The summed E-state index contributed by atoms with van der Waals surface area (Å²) in [6.45, 7) is 0. The molecule has 3 aromatic heterocycles. The highest BCUT2D eigenvalue weighted by Gasteiger charge is 2.17. The molecule has 0 spiro atoms. The minimum atomic E-state index is 1.01. The summed E-state index contributed by atoms with van der Waals surface area (Å²) in [5.74, 6) is 0. The molecule has 3 heterocycles. The van der Waals surface area contributed by atoms with Crippen molar-refractivity contribution in [2.75, 3.05) is 4.90 Å². The molecule has 8 aromatic rings. The Labute approximate surface area is 255 Å². The van der Waals surface area contributed by atoms with Crippen LogP contribution >= 0.6 is 0 Å². The number of pyridine rings is 1. The lowest BCUT2D eigenvalue weighted by atomic mass is 10.0. The first-order valence-corrected chi connectivity index (χ1v) is 14.6. The van der Waals surface area contributed by atoms with Crippen molar-refractivity contribution in [2.24, 2.45) is 0 Å². The molecule has 0 bridgehead atoms. The summed E-state index contributed by atoms with van der Waals surface area (Å²) < 4.78 is 2.33. The maximum absolute atomic E-state index is 4.51. The Balaban J connectivity index is 1.20. The molecule has 0 aliphatic rings. The summed E-state index contributed by atoms with van der Waals surface area (Å²) >= 11 is 0. The molecular formula is C39H27N5. The van der Waals surface area contributed by atoms with Gasteiger partial charge in [-0.2, -0.15) is 0 Å². The average Bonchev–Trinajstić information content (AvgIpc) is 3.44. The van der Waals surface area contributed by atoms with Crippen molar-refractivity contribution in [3.05, 3.63) is 165 Å². The summed E-state index contributed by atoms with van der Waals surface area (Å²) in [5.41, 5.74) is 11.1. The summed E-state index contributed by atoms with van der Waals surface area (Å²) in [6.07, 6.45) is 9.06. The second kappa shape index (κ2) is 11.0. The maximum Gasteiger partial charge on any atom is 0.115 e. The molecule has 0 N–H and O–H groups in total. The Morgan fingerprint density at radius 2 is 1.00 bits per heavy atom.